The Balaban J connectivity index is 1.70. The topological polar surface area (TPSA) is 68.8 Å². The van der Waals surface area contributed by atoms with Crippen molar-refractivity contribution in [2.24, 2.45) is 0 Å². The lowest BCUT2D eigenvalue weighted by Gasteiger charge is -2.09. The smallest absolute Gasteiger partial charge is 0.238 e. The Kier molecular flexibility index (Phi) is 7.75. The van der Waals surface area contributed by atoms with E-state index in [1.54, 1.807) is 14.2 Å². The minimum absolute atomic E-state index is 0.0958. The second-order valence-electron chi connectivity index (χ2n) is 5.37. The van der Waals surface area contributed by atoms with E-state index in [0.717, 1.165) is 22.7 Å². The van der Waals surface area contributed by atoms with E-state index in [1.165, 1.54) is 0 Å². The van der Waals surface area contributed by atoms with Gasteiger partial charge < -0.3 is 24.8 Å². The van der Waals surface area contributed by atoms with Gasteiger partial charge in [-0.2, -0.15) is 0 Å². The van der Waals surface area contributed by atoms with Crippen LogP contribution in [0.3, 0.4) is 0 Å². The molecule has 2 N–H and O–H groups in total. The molecular formula is C19H24N2O4. The van der Waals surface area contributed by atoms with Crippen LogP contribution in [0, 0.1) is 0 Å². The van der Waals surface area contributed by atoms with Crippen LogP contribution in [0.25, 0.3) is 0 Å². The van der Waals surface area contributed by atoms with Gasteiger partial charge >= 0.3 is 0 Å². The second-order valence-corrected chi connectivity index (χ2v) is 5.37. The molecule has 0 atom stereocenters. The summed E-state index contributed by atoms with van der Waals surface area (Å²) in [6.45, 7) is 1.89. The molecule has 0 aliphatic carbocycles. The fourth-order valence-electron chi connectivity index (χ4n) is 2.15. The fraction of sp³-hybridized carbons (Fsp3) is 0.316. The maximum absolute atomic E-state index is 12.0. The molecule has 6 nitrogen and oxygen atoms in total. The first-order valence-corrected chi connectivity index (χ1v) is 8.06. The number of amides is 1. The lowest BCUT2D eigenvalue weighted by molar-refractivity contribution is -0.115. The maximum Gasteiger partial charge on any atom is 0.238 e. The van der Waals surface area contributed by atoms with E-state index in [-0.39, 0.29) is 12.5 Å². The predicted octanol–water partition coefficient (Wildman–Crippen LogP) is 2.45. The van der Waals surface area contributed by atoms with Gasteiger partial charge in [0.15, 0.2) is 0 Å². The van der Waals surface area contributed by atoms with E-state index in [4.69, 9.17) is 14.2 Å². The molecule has 1 amide bonds. The molecule has 6 heteroatoms. The molecule has 0 unspecified atom stereocenters. The zero-order valence-electron chi connectivity index (χ0n) is 14.6. The standard InChI is InChI=1S/C19H24N2O4/c1-23-11-12-25-18-9-5-16(6-10-18)21-19(22)14-20-13-15-3-7-17(24-2)8-4-15/h3-10,20H,11-14H2,1-2H3,(H,21,22). The number of hydrogen-bond donors (Lipinski definition) is 2. The summed E-state index contributed by atoms with van der Waals surface area (Å²) in [5.74, 6) is 1.46. The van der Waals surface area contributed by atoms with Gasteiger partial charge in [0.2, 0.25) is 5.91 Å². The second kappa shape index (κ2) is 10.3. The monoisotopic (exact) mass is 344 g/mol. The van der Waals surface area contributed by atoms with E-state index in [0.29, 0.717) is 19.8 Å². The molecule has 25 heavy (non-hydrogen) atoms. The highest BCUT2D eigenvalue weighted by atomic mass is 16.5. The average Bonchev–Trinajstić information content (AvgIpc) is 2.64. The van der Waals surface area contributed by atoms with Crippen molar-refractivity contribution in [1.82, 2.24) is 5.32 Å². The number of methoxy groups -OCH3 is 2. The molecule has 2 rings (SSSR count). The highest BCUT2D eigenvalue weighted by molar-refractivity contribution is 5.92. The summed E-state index contributed by atoms with van der Waals surface area (Å²) < 4.78 is 15.5. The minimum Gasteiger partial charge on any atom is -0.497 e. The molecule has 0 aromatic heterocycles. The van der Waals surface area contributed by atoms with Crippen molar-refractivity contribution in [3.63, 3.8) is 0 Å². The number of carbonyl (C=O) groups is 1. The van der Waals surface area contributed by atoms with Crippen LogP contribution in [0.2, 0.25) is 0 Å². The molecule has 0 bridgehead atoms. The summed E-state index contributed by atoms with van der Waals surface area (Å²) in [5, 5.41) is 5.95. The quantitative estimate of drug-likeness (QED) is 0.648. The van der Waals surface area contributed by atoms with Gasteiger partial charge in [-0.25, -0.2) is 0 Å². The lowest BCUT2D eigenvalue weighted by Crippen LogP contribution is -2.27. The highest BCUT2D eigenvalue weighted by Crippen LogP contribution is 2.15. The molecule has 0 aliphatic rings. The first kappa shape index (κ1) is 18.8. The van der Waals surface area contributed by atoms with Gasteiger partial charge in [-0.1, -0.05) is 12.1 Å². The number of benzene rings is 2. The molecule has 0 saturated heterocycles. The van der Waals surface area contributed by atoms with Gasteiger partial charge in [-0.15, -0.1) is 0 Å². The van der Waals surface area contributed by atoms with Crippen LogP contribution in [0.4, 0.5) is 5.69 Å². The molecule has 0 saturated carbocycles. The average molecular weight is 344 g/mol. The Morgan fingerprint density at radius 3 is 2.24 bits per heavy atom. The lowest BCUT2D eigenvalue weighted by atomic mass is 10.2. The van der Waals surface area contributed by atoms with Gasteiger partial charge in [-0.05, 0) is 42.0 Å². The fourth-order valence-corrected chi connectivity index (χ4v) is 2.15. The first-order valence-electron chi connectivity index (χ1n) is 8.06. The molecule has 0 spiro atoms. The van der Waals surface area contributed by atoms with Crippen LogP contribution < -0.4 is 20.1 Å². The van der Waals surface area contributed by atoms with Crippen LogP contribution in [-0.2, 0) is 16.1 Å². The molecule has 134 valence electrons. The molecule has 0 radical (unpaired) electrons. The van der Waals surface area contributed by atoms with Crippen LogP contribution in [0.5, 0.6) is 11.5 Å². The van der Waals surface area contributed by atoms with Crippen molar-refractivity contribution in [3.8, 4) is 11.5 Å². The summed E-state index contributed by atoms with van der Waals surface area (Å²) in [7, 11) is 3.26. The van der Waals surface area contributed by atoms with Crippen LogP contribution >= 0.6 is 0 Å². The van der Waals surface area contributed by atoms with Crippen LogP contribution in [-0.4, -0.2) is 39.9 Å². The van der Waals surface area contributed by atoms with Crippen molar-refractivity contribution in [1.29, 1.82) is 0 Å². The van der Waals surface area contributed by atoms with E-state index < -0.39 is 0 Å². The summed E-state index contributed by atoms with van der Waals surface area (Å²) in [4.78, 5) is 12.0. The Morgan fingerprint density at radius 1 is 0.920 bits per heavy atom. The Labute approximate surface area is 148 Å². The zero-order valence-corrected chi connectivity index (χ0v) is 14.6. The third-order valence-corrected chi connectivity index (χ3v) is 3.47. The van der Waals surface area contributed by atoms with Crippen LogP contribution in [0.15, 0.2) is 48.5 Å². The van der Waals surface area contributed by atoms with Gasteiger partial charge in [0.25, 0.3) is 0 Å². The molecule has 0 aliphatic heterocycles. The number of hydrogen-bond acceptors (Lipinski definition) is 5. The van der Waals surface area contributed by atoms with Crippen molar-refractivity contribution in [3.05, 3.63) is 54.1 Å². The molecule has 0 fully saturated rings. The van der Waals surface area contributed by atoms with Crippen LogP contribution in [0.1, 0.15) is 5.56 Å². The highest BCUT2D eigenvalue weighted by Gasteiger charge is 2.03. The number of ether oxygens (including phenoxy) is 3. The number of nitrogens with one attached hydrogen (secondary N) is 2. The van der Waals surface area contributed by atoms with Gasteiger partial charge in [0.1, 0.15) is 18.1 Å². The Morgan fingerprint density at radius 2 is 1.60 bits per heavy atom. The van der Waals surface area contributed by atoms with E-state index in [9.17, 15) is 4.79 Å². The van der Waals surface area contributed by atoms with Crippen molar-refractivity contribution < 1.29 is 19.0 Å². The van der Waals surface area contributed by atoms with E-state index in [1.807, 2.05) is 48.5 Å². The summed E-state index contributed by atoms with van der Waals surface area (Å²) in [5.41, 5.74) is 1.82. The molecule has 2 aromatic carbocycles. The molecule has 2 aromatic rings. The minimum atomic E-state index is -0.0958. The van der Waals surface area contributed by atoms with Gasteiger partial charge in [0, 0.05) is 19.3 Å². The largest absolute Gasteiger partial charge is 0.497 e. The summed E-state index contributed by atoms with van der Waals surface area (Å²) in [6.07, 6.45) is 0. The summed E-state index contributed by atoms with van der Waals surface area (Å²) >= 11 is 0. The number of carbonyl (C=O) groups excluding carboxylic acids is 1. The maximum atomic E-state index is 12.0. The van der Waals surface area contributed by atoms with Gasteiger partial charge in [-0.3, -0.25) is 4.79 Å². The molecular weight excluding hydrogens is 320 g/mol. The first-order chi connectivity index (χ1) is 12.2. The van der Waals surface area contributed by atoms with E-state index >= 15 is 0 Å². The van der Waals surface area contributed by atoms with E-state index in [2.05, 4.69) is 10.6 Å². The molecule has 0 heterocycles. The predicted molar refractivity (Wildman–Crippen MR) is 97.1 cm³/mol. The third-order valence-electron chi connectivity index (χ3n) is 3.47. The van der Waals surface area contributed by atoms with Crippen molar-refractivity contribution >= 4 is 11.6 Å². The number of anilines is 1. The summed E-state index contributed by atoms with van der Waals surface area (Å²) in [6, 6.07) is 15.0. The normalized spacial score (nSPS) is 10.3. The number of rotatable bonds is 10. The Bertz CT molecular complexity index is 641. The SMILES string of the molecule is COCCOc1ccc(NC(=O)CNCc2ccc(OC)cc2)cc1. The van der Waals surface area contributed by atoms with Crippen molar-refractivity contribution in [2.75, 3.05) is 39.3 Å². The third kappa shape index (κ3) is 6.82. The zero-order chi connectivity index (χ0) is 17.9. The van der Waals surface area contributed by atoms with Gasteiger partial charge in [0.05, 0.1) is 20.3 Å². The Hall–Kier alpha value is -2.57. The van der Waals surface area contributed by atoms with Crippen molar-refractivity contribution in [2.45, 2.75) is 6.54 Å².